The fourth-order valence-corrected chi connectivity index (χ4v) is 2.49. The predicted molar refractivity (Wildman–Crippen MR) is 81.3 cm³/mol. The van der Waals surface area contributed by atoms with E-state index in [2.05, 4.69) is 15.5 Å². The number of methoxy groups -OCH3 is 1. The maximum Gasteiger partial charge on any atom is 0.229 e. The molecule has 2 amide bonds. The van der Waals surface area contributed by atoms with Gasteiger partial charge in [-0.05, 0) is 20.8 Å². The van der Waals surface area contributed by atoms with E-state index in [1.54, 1.807) is 12.0 Å². The lowest BCUT2D eigenvalue weighted by Crippen LogP contribution is -2.43. The molecule has 1 atom stereocenters. The average Bonchev–Trinajstić information content (AvgIpc) is 3.08. The Morgan fingerprint density at radius 3 is 2.83 bits per heavy atom. The number of nitrogens with one attached hydrogen (secondary N) is 1. The van der Waals surface area contributed by atoms with Gasteiger partial charge in [0, 0.05) is 25.6 Å². The van der Waals surface area contributed by atoms with Crippen LogP contribution < -0.4 is 5.32 Å². The summed E-state index contributed by atoms with van der Waals surface area (Å²) in [6.45, 7) is 7.03. The predicted octanol–water partition coefficient (Wildman–Crippen LogP) is 0.522. The fraction of sp³-hybridized carbons (Fsp3) is 0.733. The first-order valence-electron chi connectivity index (χ1n) is 7.70. The van der Waals surface area contributed by atoms with E-state index in [1.807, 2.05) is 20.8 Å². The minimum atomic E-state index is -0.332. The van der Waals surface area contributed by atoms with Gasteiger partial charge in [0.1, 0.15) is 0 Å². The van der Waals surface area contributed by atoms with Crippen LogP contribution in [0.4, 0.5) is 0 Å². The van der Waals surface area contributed by atoms with Gasteiger partial charge in [-0.1, -0.05) is 5.16 Å². The second-order valence-electron chi connectivity index (χ2n) is 6.64. The molecule has 1 aliphatic heterocycles. The summed E-state index contributed by atoms with van der Waals surface area (Å²) in [5.74, 6) is 0.418. The third kappa shape index (κ3) is 4.51. The molecular weight excluding hydrogens is 300 g/mol. The highest BCUT2D eigenvalue weighted by atomic mass is 16.5. The topological polar surface area (TPSA) is 97.6 Å². The summed E-state index contributed by atoms with van der Waals surface area (Å²) in [6.07, 6.45) is 0.781. The number of nitrogens with zero attached hydrogens (tertiary/aromatic N) is 3. The monoisotopic (exact) mass is 324 g/mol. The molecule has 1 aromatic rings. The lowest BCUT2D eigenvalue weighted by Gasteiger charge is -2.31. The second-order valence-corrected chi connectivity index (χ2v) is 6.64. The molecule has 0 spiro atoms. The Hall–Kier alpha value is -1.96. The van der Waals surface area contributed by atoms with Crippen molar-refractivity contribution in [2.24, 2.45) is 5.92 Å². The van der Waals surface area contributed by atoms with Crippen molar-refractivity contribution in [3.63, 3.8) is 0 Å². The first-order valence-corrected chi connectivity index (χ1v) is 7.70. The van der Waals surface area contributed by atoms with Gasteiger partial charge >= 0.3 is 0 Å². The minimum absolute atomic E-state index is 0.0130. The van der Waals surface area contributed by atoms with Gasteiger partial charge in [0.2, 0.25) is 17.7 Å². The summed E-state index contributed by atoms with van der Waals surface area (Å²) < 4.78 is 9.98. The zero-order chi connectivity index (χ0) is 17.0. The highest BCUT2D eigenvalue weighted by Crippen LogP contribution is 2.25. The van der Waals surface area contributed by atoms with Gasteiger partial charge in [-0.25, -0.2) is 0 Å². The van der Waals surface area contributed by atoms with E-state index >= 15 is 0 Å². The van der Waals surface area contributed by atoms with Gasteiger partial charge in [0.15, 0.2) is 5.82 Å². The molecule has 1 fully saturated rings. The van der Waals surface area contributed by atoms with Gasteiger partial charge < -0.3 is 19.5 Å². The molecule has 0 aliphatic carbocycles. The van der Waals surface area contributed by atoms with E-state index in [-0.39, 0.29) is 36.2 Å². The number of hydrogen-bond donors (Lipinski definition) is 1. The van der Waals surface area contributed by atoms with Crippen LogP contribution in [-0.2, 0) is 27.3 Å². The molecule has 0 unspecified atom stereocenters. The van der Waals surface area contributed by atoms with Gasteiger partial charge in [0.25, 0.3) is 0 Å². The van der Waals surface area contributed by atoms with E-state index < -0.39 is 0 Å². The van der Waals surface area contributed by atoms with E-state index in [0.717, 1.165) is 0 Å². The van der Waals surface area contributed by atoms with Crippen LogP contribution >= 0.6 is 0 Å². The molecular formula is C15H24N4O4. The van der Waals surface area contributed by atoms with Crippen molar-refractivity contribution in [2.45, 2.75) is 45.7 Å². The summed E-state index contributed by atoms with van der Waals surface area (Å²) in [5, 5.41) is 6.57. The molecule has 0 aromatic carbocycles. The number of likely N-dealkylation sites (tertiary alicyclic amines) is 1. The van der Waals surface area contributed by atoms with Gasteiger partial charge in [-0.2, -0.15) is 4.98 Å². The molecule has 0 bridgehead atoms. The van der Waals surface area contributed by atoms with Crippen molar-refractivity contribution in [1.29, 1.82) is 0 Å². The van der Waals surface area contributed by atoms with Crippen molar-refractivity contribution in [1.82, 2.24) is 20.4 Å². The lowest BCUT2D eigenvalue weighted by atomic mass is 10.1. The molecule has 2 heterocycles. The highest BCUT2D eigenvalue weighted by Gasteiger charge is 2.39. The Bertz CT molecular complexity index is 564. The molecule has 1 aromatic heterocycles. The highest BCUT2D eigenvalue weighted by molar-refractivity contribution is 5.89. The van der Waals surface area contributed by atoms with E-state index in [9.17, 15) is 9.59 Å². The standard InChI is InChI=1S/C15H24N4O4/c1-15(2,3)19-9-10(7-13(19)20)14(21)16-8-11-17-12(23-18-11)5-6-22-4/h10H,5-9H2,1-4H3,(H,16,21)/t10-/m1/s1. The quantitative estimate of drug-likeness (QED) is 0.819. The smallest absolute Gasteiger partial charge is 0.229 e. The molecule has 0 saturated carbocycles. The van der Waals surface area contributed by atoms with Crippen molar-refractivity contribution in [3.8, 4) is 0 Å². The third-order valence-electron chi connectivity index (χ3n) is 3.76. The number of carbonyl (C=O) groups excluding carboxylic acids is 2. The lowest BCUT2D eigenvalue weighted by molar-refractivity contribution is -0.132. The zero-order valence-corrected chi connectivity index (χ0v) is 14.1. The number of aromatic nitrogens is 2. The molecule has 23 heavy (non-hydrogen) atoms. The number of hydrogen-bond acceptors (Lipinski definition) is 6. The molecule has 1 N–H and O–H groups in total. The van der Waals surface area contributed by atoms with Crippen molar-refractivity contribution >= 4 is 11.8 Å². The third-order valence-corrected chi connectivity index (χ3v) is 3.76. The second kappa shape index (κ2) is 7.08. The van der Waals surface area contributed by atoms with E-state index in [1.165, 1.54) is 0 Å². The molecule has 8 nitrogen and oxygen atoms in total. The maximum absolute atomic E-state index is 12.2. The minimum Gasteiger partial charge on any atom is -0.384 e. The largest absolute Gasteiger partial charge is 0.384 e. The Morgan fingerprint density at radius 1 is 1.48 bits per heavy atom. The first kappa shape index (κ1) is 17.4. The van der Waals surface area contributed by atoms with Crippen LogP contribution in [0.2, 0.25) is 0 Å². The Kier molecular flexibility index (Phi) is 5.35. The van der Waals surface area contributed by atoms with Crippen LogP contribution in [-0.4, -0.2) is 52.7 Å². The van der Waals surface area contributed by atoms with Crippen molar-refractivity contribution in [3.05, 3.63) is 11.7 Å². The number of carbonyl (C=O) groups is 2. The van der Waals surface area contributed by atoms with Crippen molar-refractivity contribution < 1.29 is 18.8 Å². The molecule has 1 aliphatic rings. The SMILES string of the molecule is COCCc1nc(CNC(=O)[C@@H]2CC(=O)N(C(C)(C)C)C2)no1. The number of ether oxygens (including phenoxy) is 1. The van der Waals surface area contributed by atoms with Gasteiger partial charge in [-0.15, -0.1) is 0 Å². The first-order chi connectivity index (χ1) is 10.8. The van der Waals surface area contributed by atoms with Crippen LogP contribution in [0.1, 0.15) is 38.9 Å². The summed E-state index contributed by atoms with van der Waals surface area (Å²) in [6, 6.07) is 0. The zero-order valence-electron chi connectivity index (χ0n) is 14.1. The Balaban J connectivity index is 1.83. The Labute approximate surface area is 135 Å². The normalized spacial score (nSPS) is 18.5. The maximum atomic E-state index is 12.2. The summed E-state index contributed by atoms with van der Waals surface area (Å²) in [4.78, 5) is 30.1. The van der Waals surface area contributed by atoms with Crippen molar-refractivity contribution in [2.75, 3.05) is 20.3 Å². The van der Waals surface area contributed by atoms with E-state index in [0.29, 0.717) is 31.3 Å². The fourth-order valence-electron chi connectivity index (χ4n) is 2.49. The molecule has 1 saturated heterocycles. The average molecular weight is 324 g/mol. The van der Waals surface area contributed by atoms with E-state index in [4.69, 9.17) is 9.26 Å². The summed E-state index contributed by atoms with van der Waals surface area (Å²) in [5.41, 5.74) is -0.268. The van der Waals surface area contributed by atoms with Crippen LogP contribution in [0.15, 0.2) is 4.52 Å². The van der Waals surface area contributed by atoms with Crippen LogP contribution in [0.5, 0.6) is 0 Å². The Morgan fingerprint density at radius 2 is 2.22 bits per heavy atom. The summed E-state index contributed by atoms with van der Waals surface area (Å²) >= 11 is 0. The van der Waals surface area contributed by atoms with Crippen LogP contribution in [0, 0.1) is 5.92 Å². The van der Waals surface area contributed by atoms with Crippen LogP contribution in [0.25, 0.3) is 0 Å². The van der Waals surface area contributed by atoms with Gasteiger partial charge in [-0.3, -0.25) is 9.59 Å². The number of amides is 2. The summed E-state index contributed by atoms with van der Waals surface area (Å²) in [7, 11) is 1.60. The molecule has 0 radical (unpaired) electrons. The molecule has 8 heteroatoms. The molecule has 2 rings (SSSR count). The van der Waals surface area contributed by atoms with Crippen LogP contribution in [0.3, 0.4) is 0 Å². The van der Waals surface area contributed by atoms with Gasteiger partial charge in [0.05, 0.1) is 25.5 Å². The molecule has 128 valence electrons. The number of rotatable bonds is 6.